The van der Waals surface area contributed by atoms with Crippen molar-refractivity contribution in [1.82, 2.24) is 9.80 Å². The fraction of sp³-hybridized carbons (Fsp3) is 0.625. The Morgan fingerprint density at radius 1 is 1.35 bits per heavy atom. The number of likely N-dealkylation sites (N-methyl/N-ethyl adjacent to an activating group) is 1. The van der Waals surface area contributed by atoms with Crippen LogP contribution in [0.25, 0.3) is 0 Å². The highest BCUT2D eigenvalue weighted by Crippen LogP contribution is 2.30. The van der Waals surface area contributed by atoms with Crippen LogP contribution in [0.1, 0.15) is 24.9 Å². The Morgan fingerprint density at radius 2 is 2.10 bits per heavy atom. The maximum atomic E-state index is 6.07. The van der Waals surface area contributed by atoms with Crippen molar-refractivity contribution in [1.29, 1.82) is 0 Å². The van der Waals surface area contributed by atoms with E-state index in [0.29, 0.717) is 12.6 Å². The minimum absolute atomic E-state index is 0.244. The predicted octanol–water partition coefficient (Wildman–Crippen LogP) is 1.72. The van der Waals surface area contributed by atoms with Gasteiger partial charge in [0.2, 0.25) is 0 Å². The fourth-order valence-electron chi connectivity index (χ4n) is 3.11. The number of methoxy groups -OCH3 is 1. The second kappa shape index (κ2) is 7.07. The second-order valence-electron chi connectivity index (χ2n) is 5.53. The lowest BCUT2D eigenvalue weighted by atomic mass is 10.0. The summed E-state index contributed by atoms with van der Waals surface area (Å²) in [6.45, 7) is 6.12. The molecule has 1 fully saturated rings. The number of hydrogen-bond acceptors (Lipinski definition) is 4. The molecule has 0 saturated carbocycles. The first-order valence-electron chi connectivity index (χ1n) is 7.48. The summed E-state index contributed by atoms with van der Waals surface area (Å²) in [6, 6.07) is 9.09. The number of para-hydroxylation sites is 1. The molecule has 1 aromatic rings. The monoisotopic (exact) mass is 277 g/mol. The molecule has 0 aromatic heterocycles. The Balaban J connectivity index is 2.19. The third-order valence-electron chi connectivity index (χ3n) is 4.44. The van der Waals surface area contributed by atoms with Crippen molar-refractivity contribution < 1.29 is 4.74 Å². The van der Waals surface area contributed by atoms with E-state index in [2.05, 4.69) is 35.9 Å². The van der Waals surface area contributed by atoms with Gasteiger partial charge < -0.3 is 15.4 Å². The quantitative estimate of drug-likeness (QED) is 0.890. The highest BCUT2D eigenvalue weighted by molar-refractivity contribution is 5.36. The van der Waals surface area contributed by atoms with Gasteiger partial charge in [0.05, 0.1) is 13.2 Å². The van der Waals surface area contributed by atoms with Gasteiger partial charge in [-0.3, -0.25) is 4.90 Å². The van der Waals surface area contributed by atoms with Crippen LogP contribution < -0.4 is 10.5 Å². The summed E-state index contributed by atoms with van der Waals surface area (Å²) in [6.07, 6.45) is 1.18. The fourth-order valence-corrected chi connectivity index (χ4v) is 3.11. The predicted molar refractivity (Wildman–Crippen MR) is 83.1 cm³/mol. The van der Waals surface area contributed by atoms with Crippen molar-refractivity contribution >= 4 is 0 Å². The molecule has 20 heavy (non-hydrogen) atoms. The minimum atomic E-state index is 0.244. The van der Waals surface area contributed by atoms with E-state index in [9.17, 15) is 0 Å². The number of nitrogens with zero attached hydrogens (tertiary/aromatic N) is 2. The molecule has 2 atom stereocenters. The molecule has 1 aromatic carbocycles. The highest BCUT2D eigenvalue weighted by Gasteiger charge is 2.29. The molecule has 0 bridgehead atoms. The SMILES string of the molecule is CCC1CN(C(CN)c2ccccc2OC)CCN1C. The summed E-state index contributed by atoms with van der Waals surface area (Å²) >= 11 is 0. The zero-order valence-corrected chi connectivity index (χ0v) is 12.9. The third-order valence-corrected chi connectivity index (χ3v) is 4.44. The molecular weight excluding hydrogens is 250 g/mol. The molecule has 2 unspecified atom stereocenters. The summed E-state index contributed by atoms with van der Waals surface area (Å²) in [5.74, 6) is 0.940. The van der Waals surface area contributed by atoms with Gasteiger partial charge in [-0.2, -0.15) is 0 Å². The summed E-state index contributed by atoms with van der Waals surface area (Å²) < 4.78 is 5.50. The van der Waals surface area contributed by atoms with Gasteiger partial charge in [-0.05, 0) is 19.5 Å². The standard InChI is InChI=1S/C16H27N3O/c1-4-13-12-19(10-9-18(13)2)15(11-17)14-7-5-6-8-16(14)20-3/h5-8,13,15H,4,9-12,17H2,1-3H3. The summed E-state index contributed by atoms with van der Waals surface area (Å²) in [7, 11) is 3.94. The number of rotatable bonds is 5. The van der Waals surface area contributed by atoms with E-state index >= 15 is 0 Å². The molecule has 0 aliphatic carbocycles. The number of ether oxygens (including phenoxy) is 1. The molecule has 2 N–H and O–H groups in total. The molecular formula is C16H27N3O. The second-order valence-corrected chi connectivity index (χ2v) is 5.53. The molecule has 2 rings (SSSR count). The third kappa shape index (κ3) is 3.14. The molecule has 4 heteroatoms. The van der Waals surface area contributed by atoms with E-state index in [1.807, 2.05) is 12.1 Å². The minimum Gasteiger partial charge on any atom is -0.496 e. The molecule has 0 radical (unpaired) electrons. The van der Waals surface area contributed by atoms with Gasteiger partial charge in [-0.1, -0.05) is 25.1 Å². The first kappa shape index (κ1) is 15.3. The van der Waals surface area contributed by atoms with Crippen LogP contribution in [-0.4, -0.2) is 56.2 Å². The van der Waals surface area contributed by atoms with Gasteiger partial charge >= 0.3 is 0 Å². The summed E-state index contributed by atoms with van der Waals surface area (Å²) in [5.41, 5.74) is 7.28. The topological polar surface area (TPSA) is 41.7 Å². The Morgan fingerprint density at radius 3 is 2.75 bits per heavy atom. The molecule has 112 valence electrons. The Kier molecular flexibility index (Phi) is 5.40. The molecule has 4 nitrogen and oxygen atoms in total. The van der Waals surface area contributed by atoms with E-state index < -0.39 is 0 Å². The van der Waals surface area contributed by atoms with Crippen LogP contribution in [0.2, 0.25) is 0 Å². The Labute approximate surface area is 122 Å². The van der Waals surface area contributed by atoms with Crippen LogP contribution in [0.4, 0.5) is 0 Å². The Hall–Kier alpha value is -1.10. The maximum Gasteiger partial charge on any atom is 0.123 e. The zero-order valence-electron chi connectivity index (χ0n) is 12.9. The first-order chi connectivity index (χ1) is 9.71. The molecule has 1 heterocycles. The van der Waals surface area contributed by atoms with Gasteiger partial charge in [-0.25, -0.2) is 0 Å². The van der Waals surface area contributed by atoms with Crippen molar-refractivity contribution in [2.45, 2.75) is 25.4 Å². The van der Waals surface area contributed by atoms with Gasteiger partial charge in [0.15, 0.2) is 0 Å². The smallest absolute Gasteiger partial charge is 0.123 e. The number of piperazine rings is 1. The first-order valence-corrected chi connectivity index (χ1v) is 7.48. The van der Waals surface area contributed by atoms with Crippen LogP contribution in [0.3, 0.4) is 0 Å². The van der Waals surface area contributed by atoms with Crippen LogP contribution >= 0.6 is 0 Å². The van der Waals surface area contributed by atoms with Crippen LogP contribution in [0.5, 0.6) is 5.75 Å². The molecule has 1 aliphatic rings. The number of nitrogens with two attached hydrogens (primary N) is 1. The van der Waals surface area contributed by atoms with Crippen molar-refractivity contribution in [3.05, 3.63) is 29.8 Å². The average Bonchev–Trinajstić information content (AvgIpc) is 2.50. The van der Waals surface area contributed by atoms with Crippen molar-refractivity contribution in [3.8, 4) is 5.75 Å². The van der Waals surface area contributed by atoms with E-state index in [1.54, 1.807) is 7.11 Å². The number of benzene rings is 1. The molecule has 1 aliphatic heterocycles. The van der Waals surface area contributed by atoms with E-state index in [4.69, 9.17) is 10.5 Å². The van der Waals surface area contributed by atoms with Gasteiger partial charge in [-0.15, -0.1) is 0 Å². The van der Waals surface area contributed by atoms with Crippen LogP contribution in [0.15, 0.2) is 24.3 Å². The van der Waals surface area contributed by atoms with E-state index in [-0.39, 0.29) is 6.04 Å². The zero-order chi connectivity index (χ0) is 14.5. The van der Waals surface area contributed by atoms with Crippen molar-refractivity contribution in [2.24, 2.45) is 5.73 Å². The Bertz CT molecular complexity index is 424. The lowest BCUT2D eigenvalue weighted by molar-refractivity contribution is 0.0636. The van der Waals surface area contributed by atoms with Crippen LogP contribution in [-0.2, 0) is 0 Å². The summed E-state index contributed by atoms with van der Waals surface area (Å²) in [5, 5.41) is 0. The molecule has 0 amide bonds. The number of hydrogen-bond donors (Lipinski definition) is 1. The van der Waals surface area contributed by atoms with Crippen molar-refractivity contribution in [2.75, 3.05) is 40.3 Å². The maximum absolute atomic E-state index is 6.07. The normalized spacial score (nSPS) is 22.7. The lowest BCUT2D eigenvalue weighted by Gasteiger charge is -2.43. The molecule has 1 saturated heterocycles. The van der Waals surface area contributed by atoms with Gasteiger partial charge in [0, 0.05) is 37.8 Å². The summed E-state index contributed by atoms with van der Waals surface area (Å²) in [4.78, 5) is 4.96. The van der Waals surface area contributed by atoms with Crippen molar-refractivity contribution in [3.63, 3.8) is 0 Å². The van der Waals surface area contributed by atoms with Gasteiger partial charge in [0.25, 0.3) is 0 Å². The lowest BCUT2D eigenvalue weighted by Crippen LogP contribution is -2.53. The van der Waals surface area contributed by atoms with E-state index in [1.165, 1.54) is 12.0 Å². The highest BCUT2D eigenvalue weighted by atomic mass is 16.5. The average molecular weight is 277 g/mol. The largest absolute Gasteiger partial charge is 0.496 e. The molecule has 0 spiro atoms. The van der Waals surface area contributed by atoms with Gasteiger partial charge in [0.1, 0.15) is 5.75 Å². The van der Waals surface area contributed by atoms with E-state index in [0.717, 1.165) is 25.4 Å². The van der Waals surface area contributed by atoms with Crippen LogP contribution in [0, 0.1) is 0 Å².